The lowest BCUT2D eigenvalue weighted by atomic mass is 10.2. The molecular formula is C14H19NO4. The van der Waals surface area contributed by atoms with E-state index >= 15 is 0 Å². The first-order valence-corrected chi connectivity index (χ1v) is 6.16. The monoisotopic (exact) mass is 265 g/mol. The van der Waals surface area contributed by atoms with E-state index in [0.717, 1.165) is 6.42 Å². The van der Waals surface area contributed by atoms with Crippen LogP contribution in [0.5, 0.6) is 11.5 Å². The van der Waals surface area contributed by atoms with E-state index in [9.17, 15) is 9.59 Å². The lowest BCUT2D eigenvalue weighted by Crippen LogP contribution is -2.35. The summed E-state index contributed by atoms with van der Waals surface area (Å²) >= 11 is 0. The van der Waals surface area contributed by atoms with Crippen LogP contribution >= 0.6 is 0 Å². The summed E-state index contributed by atoms with van der Waals surface area (Å²) in [6.07, 6.45) is 1.57. The van der Waals surface area contributed by atoms with Crippen molar-refractivity contribution in [1.29, 1.82) is 0 Å². The first-order chi connectivity index (χ1) is 9.10. The van der Waals surface area contributed by atoms with Crippen LogP contribution in [0.2, 0.25) is 0 Å². The van der Waals surface area contributed by atoms with Gasteiger partial charge in [0, 0.05) is 11.6 Å². The van der Waals surface area contributed by atoms with Crippen molar-refractivity contribution in [2.24, 2.45) is 0 Å². The molecule has 0 fully saturated rings. The molecule has 0 aliphatic carbocycles. The minimum atomic E-state index is -0.201. The predicted octanol–water partition coefficient (Wildman–Crippen LogP) is 1.80. The molecule has 1 rings (SSSR count). The number of carbonyl (C=O) groups excluding carboxylic acids is 2. The fourth-order valence-corrected chi connectivity index (χ4v) is 1.44. The molecule has 104 valence electrons. The summed E-state index contributed by atoms with van der Waals surface area (Å²) in [5.74, 6) is 0.668. The highest BCUT2D eigenvalue weighted by Crippen LogP contribution is 2.27. The fourth-order valence-electron chi connectivity index (χ4n) is 1.44. The van der Waals surface area contributed by atoms with Crippen LogP contribution in [0, 0.1) is 0 Å². The number of benzene rings is 1. The normalized spacial score (nSPS) is 11.5. The Bertz CT molecular complexity index is 445. The highest BCUT2D eigenvalue weighted by Gasteiger charge is 2.10. The van der Waals surface area contributed by atoms with Crippen LogP contribution in [0.1, 0.15) is 30.6 Å². The molecule has 5 heteroatoms. The highest BCUT2D eigenvalue weighted by molar-refractivity contribution is 5.78. The van der Waals surface area contributed by atoms with Crippen LogP contribution in [0.15, 0.2) is 18.2 Å². The fraction of sp³-hybridized carbons (Fsp3) is 0.429. The molecule has 0 heterocycles. The van der Waals surface area contributed by atoms with E-state index < -0.39 is 0 Å². The lowest BCUT2D eigenvalue weighted by molar-refractivity contribution is -0.123. The molecule has 0 aliphatic rings. The summed E-state index contributed by atoms with van der Waals surface area (Å²) in [7, 11) is 1.50. The Balaban J connectivity index is 2.65. The van der Waals surface area contributed by atoms with E-state index in [1.807, 2.05) is 13.8 Å². The molecule has 1 aromatic rings. The van der Waals surface area contributed by atoms with Gasteiger partial charge in [-0.05, 0) is 31.5 Å². The predicted molar refractivity (Wildman–Crippen MR) is 71.8 cm³/mol. The summed E-state index contributed by atoms with van der Waals surface area (Å²) in [6.45, 7) is 3.80. The molecule has 1 aromatic carbocycles. The largest absolute Gasteiger partial charge is 0.493 e. The molecule has 5 nitrogen and oxygen atoms in total. The second-order valence-corrected chi connectivity index (χ2v) is 4.19. The molecule has 0 spiro atoms. The Morgan fingerprint density at radius 3 is 2.74 bits per heavy atom. The van der Waals surface area contributed by atoms with E-state index in [1.165, 1.54) is 7.11 Å². The van der Waals surface area contributed by atoms with Crippen molar-refractivity contribution < 1.29 is 19.1 Å². The molecule has 0 aromatic heterocycles. The number of amides is 1. The van der Waals surface area contributed by atoms with Crippen LogP contribution in [0.25, 0.3) is 0 Å². The number of carbonyl (C=O) groups is 2. The van der Waals surface area contributed by atoms with Gasteiger partial charge in [-0.3, -0.25) is 9.59 Å². The Morgan fingerprint density at radius 2 is 2.16 bits per heavy atom. The standard InChI is InChI=1S/C14H19NO4/c1-4-10(2)15-14(17)9-19-13-7-11(8-16)5-6-12(13)18-3/h5-8,10H,4,9H2,1-3H3,(H,15,17)/t10-/m1/s1. The van der Waals surface area contributed by atoms with Gasteiger partial charge in [0.25, 0.3) is 5.91 Å². The summed E-state index contributed by atoms with van der Waals surface area (Å²) in [5.41, 5.74) is 0.470. The Hall–Kier alpha value is -2.04. The number of methoxy groups -OCH3 is 1. The first kappa shape index (κ1) is 15.0. The third-order valence-corrected chi connectivity index (χ3v) is 2.70. The van der Waals surface area contributed by atoms with E-state index in [2.05, 4.69) is 5.32 Å². The van der Waals surface area contributed by atoms with Gasteiger partial charge in [-0.2, -0.15) is 0 Å². The number of nitrogens with one attached hydrogen (secondary N) is 1. The second-order valence-electron chi connectivity index (χ2n) is 4.19. The van der Waals surface area contributed by atoms with Crippen LogP contribution in [-0.4, -0.2) is 32.0 Å². The smallest absolute Gasteiger partial charge is 0.258 e. The zero-order valence-electron chi connectivity index (χ0n) is 11.4. The van der Waals surface area contributed by atoms with Gasteiger partial charge in [-0.15, -0.1) is 0 Å². The van der Waals surface area contributed by atoms with E-state index in [1.54, 1.807) is 18.2 Å². The van der Waals surface area contributed by atoms with Gasteiger partial charge in [0.1, 0.15) is 6.29 Å². The van der Waals surface area contributed by atoms with Gasteiger partial charge in [-0.1, -0.05) is 6.92 Å². The van der Waals surface area contributed by atoms with Gasteiger partial charge in [-0.25, -0.2) is 0 Å². The van der Waals surface area contributed by atoms with E-state index in [0.29, 0.717) is 23.3 Å². The van der Waals surface area contributed by atoms with Gasteiger partial charge in [0.15, 0.2) is 18.1 Å². The topological polar surface area (TPSA) is 64.6 Å². The lowest BCUT2D eigenvalue weighted by Gasteiger charge is -2.13. The zero-order chi connectivity index (χ0) is 14.3. The number of rotatable bonds is 7. The van der Waals surface area contributed by atoms with Crippen molar-refractivity contribution in [1.82, 2.24) is 5.32 Å². The molecule has 0 aliphatic heterocycles. The molecule has 1 amide bonds. The third kappa shape index (κ3) is 4.62. The molecule has 0 radical (unpaired) electrons. The molecule has 0 saturated carbocycles. The number of ether oxygens (including phenoxy) is 2. The molecule has 0 unspecified atom stereocenters. The van der Waals surface area contributed by atoms with Crippen LogP contribution < -0.4 is 14.8 Å². The summed E-state index contributed by atoms with van der Waals surface area (Å²) < 4.78 is 10.5. The molecule has 0 bridgehead atoms. The van der Waals surface area contributed by atoms with Gasteiger partial charge in [0.05, 0.1) is 7.11 Å². The van der Waals surface area contributed by atoms with E-state index in [4.69, 9.17) is 9.47 Å². The maximum Gasteiger partial charge on any atom is 0.258 e. The van der Waals surface area contributed by atoms with Gasteiger partial charge >= 0.3 is 0 Å². The molecule has 1 atom stereocenters. The first-order valence-electron chi connectivity index (χ1n) is 6.16. The van der Waals surface area contributed by atoms with Crippen molar-refractivity contribution in [2.45, 2.75) is 26.3 Å². The van der Waals surface area contributed by atoms with Crippen molar-refractivity contribution in [3.05, 3.63) is 23.8 Å². The van der Waals surface area contributed by atoms with Crippen molar-refractivity contribution in [3.63, 3.8) is 0 Å². The maximum atomic E-state index is 11.6. The average molecular weight is 265 g/mol. The summed E-state index contributed by atoms with van der Waals surface area (Å²) in [5, 5.41) is 2.79. The second kappa shape index (κ2) is 7.41. The average Bonchev–Trinajstić information content (AvgIpc) is 2.44. The highest BCUT2D eigenvalue weighted by atomic mass is 16.5. The van der Waals surface area contributed by atoms with Crippen molar-refractivity contribution >= 4 is 12.2 Å². The number of hydrogen-bond acceptors (Lipinski definition) is 4. The van der Waals surface area contributed by atoms with Crippen LogP contribution in [0.4, 0.5) is 0 Å². The van der Waals surface area contributed by atoms with Crippen LogP contribution in [0.3, 0.4) is 0 Å². The third-order valence-electron chi connectivity index (χ3n) is 2.70. The summed E-state index contributed by atoms with van der Waals surface area (Å²) in [6, 6.07) is 4.91. The molecule has 19 heavy (non-hydrogen) atoms. The van der Waals surface area contributed by atoms with Crippen LogP contribution in [-0.2, 0) is 4.79 Å². The Morgan fingerprint density at radius 1 is 1.42 bits per heavy atom. The zero-order valence-corrected chi connectivity index (χ0v) is 11.4. The molecule has 0 saturated heterocycles. The number of hydrogen-bond donors (Lipinski definition) is 1. The van der Waals surface area contributed by atoms with E-state index in [-0.39, 0.29) is 18.6 Å². The SMILES string of the molecule is CC[C@@H](C)NC(=O)COc1cc(C=O)ccc1OC. The van der Waals surface area contributed by atoms with Gasteiger partial charge < -0.3 is 14.8 Å². The van der Waals surface area contributed by atoms with Gasteiger partial charge in [0.2, 0.25) is 0 Å². The minimum absolute atomic E-state index is 0.108. The quantitative estimate of drug-likeness (QED) is 0.763. The molecule has 1 N–H and O–H groups in total. The maximum absolute atomic E-state index is 11.6. The Kier molecular flexibility index (Phi) is 5.85. The van der Waals surface area contributed by atoms with Crippen molar-refractivity contribution in [3.8, 4) is 11.5 Å². The molecular weight excluding hydrogens is 246 g/mol. The summed E-state index contributed by atoms with van der Waals surface area (Å²) in [4.78, 5) is 22.3. The Labute approximate surface area is 112 Å². The minimum Gasteiger partial charge on any atom is -0.493 e. The number of aldehydes is 1. The van der Waals surface area contributed by atoms with Crippen molar-refractivity contribution in [2.75, 3.05) is 13.7 Å².